The summed E-state index contributed by atoms with van der Waals surface area (Å²) in [7, 11) is -1.83. The third-order valence-electron chi connectivity index (χ3n) is 3.89. The van der Waals surface area contributed by atoms with Gasteiger partial charge in [-0.05, 0) is 37.1 Å². The molecule has 0 bridgehead atoms. The highest BCUT2D eigenvalue weighted by molar-refractivity contribution is 7.92. The first-order valence-electron chi connectivity index (χ1n) is 7.82. The predicted molar refractivity (Wildman–Crippen MR) is 94.5 cm³/mol. The molecule has 0 saturated heterocycles. The quantitative estimate of drug-likeness (QED) is 0.772. The van der Waals surface area contributed by atoms with E-state index in [1.807, 2.05) is 26.1 Å². The van der Waals surface area contributed by atoms with Gasteiger partial charge in [-0.3, -0.25) is 9.40 Å². The Hall–Kier alpha value is -2.41. The van der Waals surface area contributed by atoms with Crippen LogP contribution in [0.15, 0.2) is 41.4 Å². The number of hydrogen-bond donors (Lipinski definition) is 1. The molecule has 0 aliphatic rings. The number of aryl methyl sites for hydroxylation is 3. The van der Waals surface area contributed by atoms with Gasteiger partial charge < -0.3 is 0 Å². The van der Waals surface area contributed by atoms with Gasteiger partial charge in [0.25, 0.3) is 10.0 Å². The summed E-state index contributed by atoms with van der Waals surface area (Å²) in [4.78, 5) is 4.53. The maximum absolute atomic E-state index is 12.5. The lowest BCUT2D eigenvalue weighted by Gasteiger charge is -2.09. The summed E-state index contributed by atoms with van der Waals surface area (Å²) in [6.45, 7) is 3.96. The Morgan fingerprint density at radius 1 is 1.21 bits per heavy atom. The molecule has 3 rings (SSSR count). The van der Waals surface area contributed by atoms with Crippen molar-refractivity contribution >= 4 is 26.7 Å². The molecular formula is C17H20N4O2S. The van der Waals surface area contributed by atoms with E-state index in [9.17, 15) is 8.42 Å². The Morgan fingerprint density at radius 2 is 1.92 bits per heavy atom. The smallest absolute Gasteiger partial charge is 0.261 e. The lowest BCUT2D eigenvalue weighted by molar-refractivity contribution is 0.601. The third-order valence-corrected chi connectivity index (χ3v) is 5.28. The number of benzene rings is 1. The van der Waals surface area contributed by atoms with Gasteiger partial charge in [-0.1, -0.05) is 25.5 Å². The number of nitrogens with zero attached hydrogens (tertiary/aromatic N) is 3. The van der Waals surface area contributed by atoms with Crippen LogP contribution in [0.2, 0.25) is 0 Å². The van der Waals surface area contributed by atoms with Gasteiger partial charge in [0.1, 0.15) is 0 Å². The van der Waals surface area contributed by atoms with E-state index in [1.54, 1.807) is 22.9 Å². The fourth-order valence-corrected chi connectivity index (χ4v) is 3.74. The van der Waals surface area contributed by atoms with Crippen LogP contribution in [0.4, 0.5) is 5.69 Å². The van der Waals surface area contributed by atoms with Crippen molar-refractivity contribution < 1.29 is 8.42 Å². The van der Waals surface area contributed by atoms with Crippen LogP contribution in [-0.4, -0.2) is 23.2 Å². The minimum atomic E-state index is -3.64. The second kappa shape index (κ2) is 6.24. The van der Waals surface area contributed by atoms with E-state index >= 15 is 0 Å². The number of aromatic nitrogens is 3. The molecule has 126 valence electrons. The Bertz CT molecular complexity index is 976. The molecule has 7 heteroatoms. The first kappa shape index (κ1) is 16.4. The Labute approximate surface area is 141 Å². The van der Waals surface area contributed by atoms with Gasteiger partial charge in [-0.25, -0.2) is 13.4 Å². The second-order valence-electron chi connectivity index (χ2n) is 5.80. The number of fused-ring (bicyclic) bond motifs is 1. The molecule has 0 unspecified atom stereocenters. The molecule has 1 aromatic carbocycles. The van der Waals surface area contributed by atoms with E-state index in [1.165, 1.54) is 6.20 Å². The van der Waals surface area contributed by atoms with Crippen LogP contribution in [-0.2, 0) is 23.5 Å². The van der Waals surface area contributed by atoms with Crippen LogP contribution in [0.3, 0.4) is 0 Å². The van der Waals surface area contributed by atoms with Crippen molar-refractivity contribution in [1.82, 2.24) is 14.8 Å². The van der Waals surface area contributed by atoms with Crippen molar-refractivity contribution in [3.8, 4) is 0 Å². The van der Waals surface area contributed by atoms with Crippen molar-refractivity contribution in [2.75, 3.05) is 4.72 Å². The summed E-state index contributed by atoms with van der Waals surface area (Å²) in [5.41, 5.74) is 3.09. The van der Waals surface area contributed by atoms with Crippen molar-refractivity contribution in [3.05, 3.63) is 47.8 Å². The zero-order valence-electron chi connectivity index (χ0n) is 13.9. The van der Waals surface area contributed by atoms with Crippen LogP contribution in [0, 0.1) is 6.92 Å². The van der Waals surface area contributed by atoms with E-state index in [4.69, 9.17) is 0 Å². The molecule has 0 spiro atoms. The minimum absolute atomic E-state index is 0.241. The monoisotopic (exact) mass is 344 g/mol. The van der Waals surface area contributed by atoms with Gasteiger partial charge in [0, 0.05) is 12.4 Å². The number of rotatable bonds is 5. The Balaban J connectivity index is 1.90. The second-order valence-corrected chi connectivity index (χ2v) is 7.49. The first-order chi connectivity index (χ1) is 11.4. The number of nitrogens with one attached hydrogen (secondary N) is 1. The third kappa shape index (κ3) is 3.12. The average molecular weight is 344 g/mol. The molecule has 0 saturated carbocycles. The van der Waals surface area contributed by atoms with Crippen molar-refractivity contribution in [2.45, 2.75) is 31.6 Å². The lowest BCUT2D eigenvalue weighted by atomic mass is 10.1. The van der Waals surface area contributed by atoms with Gasteiger partial charge in [0.05, 0.1) is 22.5 Å². The summed E-state index contributed by atoms with van der Waals surface area (Å²) in [5, 5.41) is 5.12. The number of anilines is 1. The van der Waals surface area contributed by atoms with Gasteiger partial charge in [0.2, 0.25) is 0 Å². The SMILES string of the molecule is CCCc1ccc(S(=O)(=O)Nc2cnc3c(c2)c(C)nn3C)cc1. The lowest BCUT2D eigenvalue weighted by Crippen LogP contribution is -2.13. The van der Waals surface area contributed by atoms with Gasteiger partial charge >= 0.3 is 0 Å². The van der Waals surface area contributed by atoms with E-state index in [-0.39, 0.29) is 4.90 Å². The summed E-state index contributed by atoms with van der Waals surface area (Å²) >= 11 is 0. The highest BCUT2D eigenvalue weighted by Gasteiger charge is 2.15. The van der Waals surface area contributed by atoms with Crippen LogP contribution in [0.25, 0.3) is 11.0 Å². The van der Waals surface area contributed by atoms with Gasteiger partial charge in [-0.2, -0.15) is 5.10 Å². The van der Waals surface area contributed by atoms with Crippen molar-refractivity contribution in [1.29, 1.82) is 0 Å². The fraction of sp³-hybridized carbons (Fsp3) is 0.294. The molecule has 2 heterocycles. The van der Waals surface area contributed by atoms with Crippen LogP contribution in [0.1, 0.15) is 24.6 Å². The largest absolute Gasteiger partial charge is 0.278 e. The van der Waals surface area contributed by atoms with E-state index in [0.29, 0.717) is 5.69 Å². The molecule has 0 aliphatic heterocycles. The van der Waals surface area contributed by atoms with Crippen molar-refractivity contribution in [2.24, 2.45) is 7.05 Å². The average Bonchev–Trinajstić information content (AvgIpc) is 2.82. The normalized spacial score (nSPS) is 11.8. The van der Waals surface area contributed by atoms with Crippen LogP contribution < -0.4 is 4.72 Å². The molecule has 0 aliphatic carbocycles. The summed E-state index contributed by atoms with van der Waals surface area (Å²) in [6, 6.07) is 8.73. The molecule has 24 heavy (non-hydrogen) atoms. The van der Waals surface area contributed by atoms with Gasteiger partial charge in [0.15, 0.2) is 5.65 Å². The van der Waals surface area contributed by atoms with E-state index in [0.717, 1.165) is 35.1 Å². The molecule has 2 aromatic heterocycles. The van der Waals surface area contributed by atoms with Gasteiger partial charge in [-0.15, -0.1) is 0 Å². The van der Waals surface area contributed by atoms with Crippen LogP contribution >= 0.6 is 0 Å². The molecule has 3 aromatic rings. The zero-order chi connectivity index (χ0) is 17.3. The molecule has 1 N–H and O–H groups in total. The number of pyridine rings is 1. The van der Waals surface area contributed by atoms with E-state index < -0.39 is 10.0 Å². The van der Waals surface area contributed by atoms with Crippen molar-refractivity contribution in [3.63, 3.8) is 0 Å². The zero-order valence-corrected chi connectivity index (χ0v) is 14.8. The summed E-state index contributed by atoms with van der Waals surface area (Å²) < 4.78 is 29.3. The molecule has 0 amide bonds. The highest BCUT2D eigenvalue weighted by Crippen LogP contribution is 2.22. The molecular weight excluding hydrogens is 324 g/mol. The number of hydrogen-bond acceptors (Lipinski definition) is 4. The molecule has 0 radical (unpaired) electrons. The molecule has 6 nitrogen and oxygen atoms in total. The Kier molecular flexibility index (Phi) is 4.28. The topological polar surface area (TPSA) is 76.9 Å². The minimum Gasteiger partial charge on any atom is -0.278 e. The Morgan fingerprint density at radius 3 is 2.58 bits per heavy atom. The number of sulfonamides is 1. The maximum Gasteiger partial charge on any atom is 0.261 e. The standard InChI is InChI=1S/C17H20N4O2S/c1-4-5-13-6-8-15(9-7-13)24(22,23)20-14-10-16-12(2)19-21(3)17(16)18-11-14/h6-11,20H,4-5H2,1-3H3. The molecule has 0 atom stereocenters. The van der Waals surface area contributed by atoms with Crippen LogP contribution in [0.5, 0.6) is 0 Å². The summed E-state index contributed by atoms with van der Waals surface area (Å²) in [6.07, 6.45) is 3.47. The predicted octanol–water partition coefficient (Wildman–Crippen LogP) is 3.03. The molecule has 0 fully saturated rings. The first-order valence-corrected chi connectivity index (χ1v) is 9.30. The summed E-state index contributed by atoms with van der Waals surface area (Å²) in [5.74, 6) is 0. The van der Waals surface area contributed by atoms with E-state index in [2.05, 4.69) is 21.7 Å². The fourth-order valence-electron chi connectivity index (χ4n) is 2.70. The highest BCUT2D eigenvalue weighted by atomic mass is 32.2. The maximum atomic E-state index is 12.5.